The summed E-state index contributed by atoms with van der Waals surface area (Å²) in [5, 5.41) is 3.62. The molecule has 1 aromatic carbocycles. The molecular weight excluding hydrogens is 262 g/mol. The molecule has 2 rings (SSSR count). The summed E-state index contributed by atoms with van der Waals surface area (Å²) >= 11 is 0. The molecule has 1 N–H and O–H groups in total. The second-order valence-corrected chi connectivity index (χ2v) is 5.93. The van der Waals surface area contributed by atoms with Gasteiger partial charge in [-0.1, -0.05) is 32.9 Å². The Morgan fingerprint density at radius 2 is 1.81 bits per heavy atom. The van der Waals surface area contributed by atoms with Crippen LogP contribution in [0, 0.1) is 5.41 Å². The molecule has 1 aliphatic carbocycles. The standard InChI is InChI=1S/C18H29NO2/c1-5-18(6-2)16(19-7-3)12-17(18)21-13-14-8-10-15(20-4)11-9-14/h8-11,16-17,19H,5-7,12-13H2,1-4H3. The van der Waals surface area contributed by atoms with Gasteiger partial charge in [-0.15, -0.1) is 0 Å². The lowest BCUT2D eigenvalue weighted by molar-refractivity contribution is -0.146. The zero-order valence-electron chi connectivity index (χ0n) is 13.8. The zero-order chi connectivity index (χ0) is 15.3. The van der Waals surface area contributed by atoms with Crippen molar-refractivity contribution in [3.05, 3.63) is 29.8 Å². The highest BCUT2D eigenvalue weighted by atomic mass is 16.5. The Labute approximate surface area is 129 Å². The van der Waals surface area contributed by atoms with Crippen molar-refractivity contribution in [1.82, 2.24) is 5.32 Å². The summed E-state index contributed by atoms with van der Waals surface area (Å²) in [6.07, 6.45) is 3.85. The highest BCUT2D eigenvalue weighted by Gasteiger charge is 2.52. The van der Waals surface area contributed by atoms with Gasteiger partial charge in [0, 0.05) is 11.5 Å². The van der Waals surface area contributed by atoms with E-state index in [0.717, 1.165) is 18.7 Å². The van der Waals surface area contributed by atoms with Crippen LogP contribution < -0.4 is 10.1 Å². The molecule has 0 amide bonds. The van der Waals surface area contributed by atoms with E-state index in [2.05, 4.69) is 38.2 Å². The lowest BCUT2D eigenvalue weighted by atomic mass is 9.58. The minimum Gasteiger partial charge on any atom is -0.497 e. The Morgan fingerprint density at radius 1 is 1.14 bits per heavy atom. The molecule has 0 bridgehead atoms. The van der Waals surface area contributed by atoms with Crippen LogP contribution in [0.15, 0.2) is 24.3 Å². The molecule has 0 aliphatic heterocycles. The van der Waals surface area contributed by atoms with Gasteiger partial charge in [-0.2, -0.15) is 0 Å². The Hall–Kier alpha value is -1.06. The highest BCUT2D eigenvalue weighted by Crippen LogP contribution is 2.49. The van der Waals surface area contributed by atoms with Gasteiger partial charge in [-0.25, -0.2) is 0 Å². The number of nitrogens with one attached hydrogen (secondary N) is 1. The minimum atomic E-state index is 0.308. The number of hydrogen-bond acceptors (Lipinski definition) is 3. The van der Waals surface area contributed by atoms with E-state index < -0.39 is 0 Å². The maximum absolute atomic E-state index is 6.23. The van der Waals surface area contributed by atoms with E-state index in [9.17, 15) is 0 Å². The van der Waals surface area contributed by atoms with E-state index in [4.69, 9.17) is 9.47 Å². The van der Waals surface area contributed by atoms with E-state index in [1.165, 1.54) is 18.4 Å². The van der Waals surface area contributed by atoms with Crippen molar-refractivity contribution in [2.24, 2.45) is 5.41 Å². The third-order valence-corrected chi connectivity index (χ3v) is 5.16. The smallest absolute Gasteiger partial charge is 0.118 e. The number of methoxy groups -OCH3 is 1. The first-order valence-electron chi connectivity index (χ1n) is 8.18. The molecule has 2 atom stereocenters. The predicted molar refractivity (Wildman–Crippen MR) is 86.7 cm³/mol. The van der Waals surface area contributed by atoms with E-state index >= 15 is 0 Å². The van der Waals surface area contributed by atoms with E-state index in [-0.39, 0.29) is 0 Å². The lowest BCUT2D eigenvalue weighted by Crippen LogP contribution is -2.63. The lowest BCUT2D eigenvalue weighted by Gasteiger charge is -2.55. The van der Waals surface area contributed by atoms with Crippen molar-refractivity contribution in [2.75, 3.05) is 13.7 Å². The zero-order valence-corrected chi connectivity index (χ0v) is 13.8. The summed E-state index contributed by atoms with van der Waals surface area (Å²) in [5.41, 5.74) is 1.52. The quantitative estimate of drug-likeness (QED) is 0.791. The molecule has 0 spiro atoms. The van der Waals surface area contributed by atoms with Crippen molar-refractivity contribution in [3.63, 3.8) is 0 Å². The van der Waals surface area contributed by atoms with Crippen LogP contribution in [0.4, 0.5) is 0 Å². The van der Waals surface area contributed by atoms with Gasteiger partial charge in [0.25, 0.3) is 0 Å². The number of ether oxygens (including phenoxy) is 2. The number of rotatable bonds is 8. The average Bonchev–Trinajstić information content (AvgIpc) is 2.52. The Morgan fingerprint density at radius 3 is 2.33 bits per heavy atom. The fourth-order valence-electron chi connectivity index (χ4n) is 3.63. The van der Waals surface area contributed by atoms with Crippen LogP contribution >= 0.6 is 0 Å². The third-order valence-electron chi connectivity index (χ3n) is 5.16. The Bertz CT molecular complexity index is 425. The van der Waals surface area contributed by atoms with Crippen LogP contribution in [0.1, 0.15) is 45.6 Å². The van der Waals surface area contributed by atoms with Gasteiger partial charge in [-0.3, -0.25) is 0 Å². The Balaban J connectivity index is 1.93. The van der Waals surface area contributed by atoms with E-state index in [1.807, 2.05) is 12.1 Å². The molecule has 1 aromatic rings. The van der Waals surface area contributed by atoms with Gasteiger partial charge >= 0.3 is 0 Å². The van der Waals surface area contributed by atoms with Crippen molar-refractivity contribution < 1.29 is 9.47 Å². The summed E-state index contributed by atoms with van der Waals surface area (Å²) in [7, 11) is 1.69. The molecule has 0 heterocycles. The minimum absolute atomic E-state index is 0.308. The second-order valence-electron chi connectivity index (χ2n) is 5.93. The molecule has 3 heteroatoms. The second kappa shape index (κ2) is 7.28. The van der Waals surface area contributed by atoms with Crippen LogP contribution in [0.3, 0.4) is 0 Å². The van der Waals surface area contributed by atoms with Gasteiger partial charge < -0.3 is 14.8 Å². The van der Waals surface area contributed by atoms with Crippen molar-refractivity contribution >= 4 is 0 Å². The van der Waals surface area contributed by atoms with Gasteiger partial charge in [0.05, 0.1) is 19.8 Å². The van der Waals surface area contributed by atoms with Crippen molar-refractivity contribution in [3.8, 4) is 5.75 Å². The molecule has 118 valence electrons. The molecule has 0 radical (unpaired) electrons. The van der Waals surface area contributed by atoms with E-state index in [1.54, 1.807) is 7.11 Å². The molecule has 1 saturated carbocycles. The molecule has 0 saturated heterocycles. The maximum Gasteiger partial charge on any atom is 0.118 e. The highest BCUT2D eigenvalue weighted by molar-refractivity contribution is 5.26. The molecule has 2 unspecified atom stereocenters. The average molecular weight is 291 g/mol. The molecule has 0 aromatic heterocycles. The van der Waals surface area contributed by atoms with Gasteiger partial charge in [0.15, 0.2) is 0 Å². The fourth-order valence-corrected chi connectivity index (χ4v) is 3.63. The molecule has 21 heavy (non-hydrogen) atoms. The number of hydrogen-bond donors (Lipinski definition) is 1. The first-order chi connectivity index (χ1) is 10.2. The molecular formula is C18H29NO2. The van der Waals surface area contributed by atoms with Crippen LogP contribution in [0.25, 0.3) is 0 Å². The molecule has 3 nitrogen and oxygen atoms in total. The van der Waals surface area contributed by atoms with Gasteiger partial charge in [0.1, 0.15) is 5.75 Å². The SMILES string of the molecule is CCNC1CC(OCc2ccc(OC)cc2)C1(CC)CC. The maximum atomic E-state index is 6.23. The fraction of sp³-hybridized carbons (Fsp3) is 0.667. The van der Waals surface area contributed by atoms with Crippen LogP contribution in [-0.4, -0.2) is 25.8 Å². The third kappa shape index (κ3) is 3.24. The van der Waals surface area contributed by atoms with Crippen LogP contribution in [0.5, 0.6) is 5.75 Å². The largest absolute Gasteiger partial charge is 0.497 e. The van der Waals surface area contributed by atoms with Crippen molar-refractivity contribution in [2.45, 2.75) is 58.8 Å². The summed E-state index contributed by atoms with van der Waals surface area (Å²) in [6.45, 7) is 8.49. The van der Waals surface area contributed by atoms with Gasteiger partial charge in [-0.05, 0) is 43.5 Å². The summed E-state index contributed by atoms with van der Waals surface area (Å²) in [4.78, 5) is 0. The van der Waals surface area contributed by atoms with Gasteiger partial charge in [0.2, 0.25) is 0 Å². The topological polar surface area (TPSA) is 30.5 Å². The molecule has 1 aliphatic rings. The Kier molecular flexibility index (Phi) is 5.65. The van der Waals surface area contributed by atoms with E-state index in [0.29, 0.717) is 24.2 Å². The van der Waals surface area contributed by atoms with Crippen LogP contribution in [-0.2, 0) is 11.3 Å². The predicted octanol–water partition coefficient (Wildman–Crippen LogP) is 3.77. The first kappa shape index (κ1) is 16.3. The first-order valence-corrected chi connectivity index (χ1v) is 8.18. The molecule has 1 fully saturated rings. The van der Waals surface area contributed by atoms with Crippen LogP contribution in [0.2, 0.25) is 0 Å². The monoisotopic (exact) mass is 291 g/mol. The summed E-state index contributed by atoms with van der Waals surface area (Å²) in [6, 6.07) is 8.76. The normalized spacial score (nSPS) is 23.6. The number of benzene rings is 1. The summed E-state index contributed by atoms with van der Waals surface area (Å²) < 4.78 is 11.4. The summed E-state index contributed by atoms with van der Waals surface area (Å²) in [5.74, 6) is 0.895. The van der Waals surface area contributed by atoms with Crippen molar-refractivity contribution in [1.29, 1.82) is 0 Å².